The van der Waals surface area contributed by atoms with Gasteiger partial charge < -0.3 is 5.32 Å². The van der Waals surface area contributed by atoms with E-state index in [9.17, 15) is 4.79 Å². The molecule has 4 rings (SSSR count). The van der Waals surface area contributed by atoms with E-state index in [-0.39, 0.29) is 5.91 Å². The molecule has 1 aliphatic rings. The number of rotatable bonds is 6. The molecule has 1 aromatic carbocycles. The van der Waals surface area contributed by atoms with Gasteiger partial charge in [0.2, 0.25) is 5.91 Å². The summed E-state index contributed by atoms with van der Waals surface area (Å²) in [5.74, 6) is -0.0300. The van der Waals surface area contributed by atoms with E-state index in [4.69, 9.17) is 0 Å². The first-order valence-corrected chi connectivity index (χ1v) is 9.23. The number of aromatic nitrogens is 4. The van der Waals surface area contributed by atoms with Crippen molar-refractivity contribution in [3.8, 4) is 0 Å². The summed E-state index contributed by atoms with van der Waals surface area (Å²) in [5, 5.41) is 11.7. The molecule has 0 saturated heterocycles. The Labute approximate surface area is 158 Å². The highest BCUT2D eigenvalue weighted by atomic mass is 16.1. The van der Waals surface area contributed by atoms with Gasteiger partial charge in [0.15, 0.2) is 0 Å². The predicted molar refractivity (Wildman–Crippen MR) is 102 cm³/mol. The number of hydrogen-bond donors (Lipinski definition) is 1. The van der Waals surface area contributed by atoms with Crippen LogP contribution >= 0.6 is 0 Å². The Hall–Kier alpha value is -2.93. The topological polar surface area (TPSA) is 68.0 Å². The Morgan fingerprint density at radius 2 is 2.00 bits per heavy atom. The molecule has 140 valence electrons. The summed E-state index contributed by atoms with van der Waals surface area (Å²) in [4.78, 5) is 13.5. The highest BCUT2D eigenvalue weighted by molar-refractivity contribution is 5.72. The Kier molecular flexibility index (Phi) is 5.02. The largest absolute Gasteiger partial charge is 0.351 e. The summed E-state index contributed by atoms with van der Waals surface area (Å²) in [6.07, 6.45) is 3.79. The van der Waals surface area contributed by atoms with Gasteiger partial charge in [-0.05, 0) is 23.3 Å². The predicted octanol–water partition coefficient (Wildman–Crippen LogP) is 1.78. The third-order valence-electron chi connectivity index (χ3n) is 4.75. The van der Waals surface area contributed by atoms with Crippen molar-refractivity contribution in [1.82, 2.24) is 29.8 Å². The lowest BCUT2D eigenvalue weighted by Gasteiger charge is -2.27. The number of carbonyl (C=O) groups excluding carboxylic acids is 1. The third-order valence-corrected chi connectivity index (χ3v) is 4.75. The molecule has 0 spiro atoms. The smallest absolute Gasteiger partial charge is 0.217 e. The van der Waals surface area contributed by atoms with Crippen LogP contribution < -0.4 is 5.32 Å². The molecular formula is C20H24N6O. The molecule has 0 radical (unpaired) electrons. The standard InChI is InChI=1S/C20H24N6O/c1-16(27)21-12-19-11-20-15-24(8-9-26(20)23-19)13-17-4-2-5-18(10-17)14-25-7-3-6-22-25/h2-7,10-11H,8-9,12-15H2,1H3,(H,21,27). The van der Waals surface area contributed by atoms with Crippen LogP contribution in [0.1, 0.15) is 29.4 Å². The monoisotopic (exact) mass is 364 g/mol. The molecule has 3 aromatic rings. The molecule has 0 atom stereocenters. The van der Waals surface area contributed by atoms with Crippen LogP contribution in [0.4, 0.5) is 0 Å². The first-order chi connectivity index (χ1) is 13.2. The van der Waals surface area contributed by atoms with E-state index in [1.54, 1.807) is 6.20 Å². The number of nitrogens with zero attached hydrogens (tertiary/aromatic N) is 5. The quantitative estimate of drug-likeness (QED) is 0.724. The van der Waals surface area contributed by atoms with E-state index in [0.717, 1.165) is 38.4 Å². The van der Waals surface area contributed by atoms with E-state index in [1.807, 2.05) is 16.9 Å². The van der Waals surface area contributed by atoms with E-state index in [0.29, 0.717) is 6.54 Å². The van der Waals surface area contributed by atoms with Crippen molar-refractivity contribution in [3.05, 3.63) is 71.3 Å². The lowest BCUT2D eigenvalue weighted by molar-refractivity contribution is -0.119. The van der Waals surface area contributed by atoms with Gasteiger partial charge in [-0.3, -0.25) is 19.1 Å². The second kappa shape index (κ2) is 7.75. The molecule has 3 heterocycles. The van der Waals surface area contributed by atoms with Crippen molar-refractivity contribution in [2.75, 3.05) is 6.54 Å². The number of amides is 1. The molecule has 7 nitrogen and oxygen atoms in total. The van der Waals surface area contributed by atoms with E-state index >= 15 is 0 Å². The van der Waals surface area contributed by atoms with Gasteiger partial charge in [0, 0.05) is 39.0 Å². The van der Waals surface area contributed by atoms with E-state index < -0.39 is 0 Å². The highest BCUT2D eigenvalue weighted by Crippen LogP contribution is 2.17. The normalized spacial score (nSPS) is 14.1. The zero-order valence-corrected chi connectivity index (χ0v) is 15.5. The van der Waals surface area contributed by atoms with Gasteiger partial charge in [0.1, 0.15) is 0 Å². The van der Waals surface area contributed by atoms with Gasteiger partial charge in [0.05, 0.1) is 31.0 Å². The van der Waals surface area contributed by atoms with Crippen LogP contribution in [0.3, 0.4) is 0 Å². The van der Waals surface area contributed by atoms with Crippen molar-refractivity contribution in [3.63, 3.8) is 0 Å². The minimum absolute atomic E-state index is 0.0300. The van der Waals surface area contributed by atoms with Crippen molar-refractivity contribution in [2.45, 2.75) is 39.6 Å². The zero-order valence-electron chi connectivity index (χ0n) is 15.5. The maximum Gasteiger partial charge on any atom is 0.217 e. The lowest BCUT2D eigenvalue weighted by atomic mass is 10.1. The number of benzene rings is 1. The van der Waals surface area contributed by atoms with Gasteiger partial charge in [-0.25, -0.2) is 0 Å². The summed E-state index contributed by atoms with van der Waals surface area (Å²) >= 11 is 0. The molecule has 0 bridgehead atoms. The van der Waals surface area contributed by atoms with Gasteiger partial charge in [0.25, 0.3) is 0 Å². The van der Waals surface area contributed by atoms with Gasteiger partial charge in [-0.15, -0.1) is 0 Å². The number of nitrogens with one attached hydrogen (secondary N) is 1. The van der Waals surface area contributed by atoms with Crippen LogP contribution in [0.2, 0.25) is 0 Å². The molecule has 7 heteroatoms. The summed E-state index contributed by atoms with van der Waals surface area (Å²) in [5.41, 5.74) is 4.69. The molecule has 0 fully saturated rings. The zero-order chi connectivity index (χ0) is 18.6. The molecule has 2 aromatic heterocycles. The number of hydrogen-bond acceptors (Lipinski definition) is 4. The van der Waals surface area contributed by atoms with Gasteiger partial charge in [-0.2, -0.15) is 10.2 Å². The van der Waals surface area contributed by atoms with E-state index in [1.165, 1.54) is 23.7 Å². The maximum absolute atomic E-state index is 11.1. The number of fused-ring (bicyclic) bond motifs is 1. The van der Waals surface area contributed by atoms with Crippen LogP contribution in [0.25, 0.3) is 0 Å². The SMILES string of the molecule is CC(=O)NCc1cc2n(n1)CCN(Cc1cccc(Cn3cccn3)c1)C2. The number of carbonyl (C=O) groups is 1. The summed E-state index contributed by atoms with van der Waals surface area (Å²) in [6, 6.07) is 12.7. The fraction of sp³-hybridized carbons (Fsp3) is 0.350. The maximum atomic E-state index is 11.1. The summed E-state index contributed by atoms with van der Waals surface area (Å²) in [6.45, 7) is 6.44. The summed E-state index contributed by atoms with van der Waals surface area (Å²) in [7, 11) is 0. The second-order valence-electron chi connectivity index (χ2n) is 6.99. The van der Waals surface area contributed by atoms with Gasteiger partial charge in [-0.1, -0.05) is 24.3 Å². The average Bonchev–Trinajstić information content (AvgIpc) is 3.29. The van der Waals surface area contributed by atoms with Crippen LogP contribution in [0.15, 0.2) is 48.8 Å². The molecule has 1 aliphatic heterocycles. The molecule has 27 heavy (non-hydrogen) atoms. The van der Waals surface area contributed by atoms with Crippen LogP contribution in [0, 0.1) is 0 Å². The Morgan fingerprint density at radius 1 is 1.15 bits per heavy atom. The minimum Gasteiger partial charge on any atom is -0.351 e. The van der Waals surface area contributed by atoms with Crippen molar-refractivity contribution >= 4 is 5.91 Å². The first-order valence-electron chi connectivity index (χ1n) is 9.23. The van der Waals surface area contributed by atoms with E-state index in [2.05, 4.69) is 55.4 Å². The second-order valence-corrected chi connectivity index (χ2v) is 6.99. The van der Waals surface area contributed by atoms with Crippen molar-refractivity contribution in [2.24, 2.45) is 0 Å². The van der Waals surface area contributed by atoms with Crippen LogP contribution in [-0.2, 0) is 37.5 Å². The molecule has 1 N–H and O–H groups in total. The highest BCUT2D eigenvalue weighted by Gasteiger charge is 2.18. The molecule has 0 saturated carbocycles. The molecule has 0 unspecified atom stereocenters. The van der Waals surface area contributed by atoms with Crippen molar-refractivity contribution in [1.29, 1.82) is 0 Å². The molecular weight excluding hydrogens is 340 g/mol. The minimum atomic E-state index is -0.0300. The van der Waals surface area contributed by atoms with Gasteiger partial charge >= 0.3 is 0 Å². The first kappa shape index (κ1) is 17.5. The Bertz CT molecular complexity index is 914. The molecule has 1 amide bonds. The fourth-order valence-electron chi connectivity index (χ4n) is 3.48. The summed E-state index contributed by atoms with van der Waals surface area (Å²) < 4.78 is 4.00. The molecule has 0 aliphatic carbocycles. The van der Waals surface area contributed by atoms with Crippen molar-refractivity contribution < 1.29 is 4.79 Å². The third kappa shape index (κ3) is 4.43. The Balaban J connectivity index is 1.39. The fourth-order valence-corrected chi connectivity index (χ4v) is 3.48. The van der Waals surface area contributed by atoms with Crippen LogP contribution in [0.5, 0.6) is 0 Å². The average molecular weight is 364 g/mol. The Morgan fingerprint density at radius 3 is 2.78 bits per heavy atom. The lowest BCUT2D eigenvalue weighted by Crippen LogP contribution is -2.33. The van der Waals surface area contributed by atoms with Crippen LogP contribution in [-0.4, -0.2) is 36.9 Å².